The van der Waals surface area contributed by atoms with Crippen LogP contribution >= 0.6 is 201 Å². The van der Waals surface area contributed by atoms with Crippen LogP contribution in [0.15, 0.2) is 0 Å². The normalized spacial score (nSPS) is 17.6. The van der Waals surface area contributed by atoms with E-state index in [0.29, 0.717) is 0 Å². The van der Waals surface area contributed by atoms with Crippen molar-refractivity contribution >= 4 is 201 Å². The van der Waals surface area contributed by atoms with Crippen molar-refractivity contribution < 1.29 is 0 Å². The first-order valence-electron chi connectivity index (χ1n) is 5.54. The summed E-state index contributed by atoms with van der Waals surface area (Å²) in [6, 6.07) is 0. The molecule has 15 unspecified atom stereocenters. The fourth-order valence-corrected chi connectivity index (χ4v) is 309. The third-order valence-corrected chi connectivity index (χ3v) is 161. The van der Waals surface area contributed by atoms with Crippen molar-refractivity contribution in [3.8, 4) is 0 Å². The van der Waals surface area contributed by atoms with Crippen LogP contribution in [0.4, 0.5) is 0 Å². The zero-order valence-electron chi connectivity index (χ0n) is 12.8. The van der Waals surface area contributed by atoms with E-state index in [0.717, 1.165) is 7.96 Å². The van der Waals surface area contributed by atoms with Gasteiger partial charge in [-0.3, -0.25) is 7.96 Å². The fraction of sp³-hybridized carbons (Fsp3) is 0. The molecule has 0 aromatic heterocycles. The van der Waals surface area contributed by atoms with E-state index in [1.165, 1.54) is 0 Å². The molecule has 25 heavy (non-hydrogen) atoms. The Morgan fingerprint density at radius 3 is 0.920 bits per heavy atom. The quantitative estimate of drug-likeness (QED) is 0.183. The molecule has 0 aromatic carbocycles. The Morgan fingerprint density at radius 2 is 0.760 bits per heavy atom. The van der Waals surface area contributed by atoms with Crippen LogP contribution in [-0.4, -0.2) is 0 Å². The first-order chi connectivity index (χ1) is 11.4. The van der Waals surface area contributed by atoms with Crippen molar-refractivity contribution in [2.75, 3.05) is 0 Å². The molecule has 15 atom stereocenters. The van der Waals surface area contributed by atoms with Gasteiger partial charge in [0.05, 0.1) is 0 Å². The predicted molar refractivity (Wildman–Crippen MR) is 208 cm³/mol. The van der Waals surface area contributed by atoms with Crippen LogP contribution in [0.5, 0.6) is 0 Å². The molecule has 0 spiro atoms. The molecule has 0 aliphatic rings. The van der Waals surface area contributed by atoms with Gasteiger partial charge in [0.25, 0.3) is 0 Å². The molecular weight excluding hydrogens is 774 g/mol. The highest BCUT2D eigenvalue weighted by Crippen LogP contribution is 3.34. The summed E-state index contributed by atoms with van der Waals surface area (Å²) < 4.78 is 0. The van der Waals surface area contributed by atoms with Gasteiger partial charge >= 0.3 is 0 Å². The van der Waals surface area contributed by atoms with Crippen molar-refractivity contribution in [3.05, 3.63) is 0 Å². The maximum absolute atomic E-state index is 4.09. The second-order valence-corrected chi connectivity index (χ2v) is 100. The van der Waals surface area contributed by atoms with Gasteiger partial charge in [-0.1, -0.05) is 6.99 Å². The van der Waals surface area contributed by atoms with Gasteiger partial charge in [0, 0.05) is 0 Å². The van der Waals surface area contributed by atoms with Crippen LogP contribution in [0.1, 0.15) is 0 Å². The smallest absolute Gasteiger partial charge is 0.000633 e. The maximum Gasteiger partial charge on any atom is -0.000633 e. The molecule has 0 rings (SSSR count). The van der Waals surface area contributed by atoms with E-state index in [1.54, 1.807) is 0 Å². The Balaban J connectivity index is 6.38. The molecule has 0 nitrogen and oxygen atoms in total. The van der Waals surface area contributed by atoms with Crippen LogP contribution < -0.4 is 0 Å². The van der Waals surface area contributed by atoms with Crippen molar-refractivity contribution in [1.29, 1.82) is 0 Å². The lowest BCUT2D eigenvalue weighted by Crippen LogP contribution is -1.60. The van der Waals surface area contributed by atoms with Crippen LogP contribution in [0.25, 0.3) is 0 Å². The standard InChI is InChI=1S/H25P25/c1-14-21(15(2)3)24(20(12)13)25(22(16(4)5)17(6)7)23(18(8)9)19(10)11/h1-2,14H,3-13H2/q-2. The van der Waals surface area contributed by atoms with Gasteiger partial charge in [0.15, 0.2) is 0 Å². The zero-order chi connectivity index (χ0) is 20.1. The molecule has 0 radical (unpaired) electrons. The molecule has 0 saturated heterocycles. The monoisotopic (exact) mass is 800 g/mol. The average Bonchev–Trinajstić information content (AvgIpc) is 2.41. The van der Waals surface area contributed by atoms with E-state index in [2.05, 4.69) is 116 Å². The van der Waals surface area contributed by atoms with Gasteiger partial charge in [0.1, 0.15) is 0 Å². The molecule has 0 aromatic rings. The third-order valence-electron chi connectivity index (χ3n) is 1.99. The first kappa shape index (κ1) is 35.8. The first-order valence-corrected chi connectivity index (χ1v) is 49.8. The van der Waals surface area contributed by atoms with Gasteiger partial charge in [-0.2, -0.15) is 0 Å². The third kappa shape index (κ3) is 13.4. The summed E-state index contributed by atoms with van der Waals surface area (Å²) in [5.41, 5.74) is 0. The summed E-state index contributed by atoms with van der Waals surface area (Å²) in [7, 11) is 44.4. The van der Waals surface area contributed by atoms with Crippen molar-refractivity contribution in [1.82, 2.24) is 0 Å². The fourth-order valence-electron chi connectivity index (χ4n) is 1.27. The maximum atomic E-state index is 4.09. The molecule has 0 fully saturated rings. The predicted octanol–water partition coefficient (Wildman–Crippen LogP) is 14.8. The highest BCUT2D eigenvalue weighted by molar-refractivity contribution is 9.40. The number of rotatable bonds is 11. The highest BCUT2D eigenvalue weighted by Gasteiger charge is 2.45. The van der Waals surface area contributed by atoms with Gasteiger partial charge in [-0.05, 0) is 62.9 Å². The Kier molecular flexibility index (Phi) is 28.3. The summed E-state index contributed by atoms with van der Waals surface area (Å²) >= 11 is 0. The minimum atomic E-state index is -0.114. The van der Waals surface area contributed by atoms with E-state index in [9.17, 15) is 0 Å². The zero-order valence-corrected chi connectivity index (χ0v) is 38.3. The van der Waals surface area contributed by atoms with Crippen LogP contribution in [0.2, 0.25) is 0 Å². The summed E-state index contributed by atoms with van der Waals surface area (Å²) in [6.45, 7) is 0.0614. The van der Waals surface area contributed by atoms with Gasteiger partial charge in [-0.15, -0.1) is 98.2 Å². The van der Waals surface area contributed by atoms with E-state index >= 15 is 0 Å². The van der Waals surface area contributed by atoms with Gasteiger partial charge < -0.3 is 17.9 Å². The molecule has 25 heteroatoms. The minimum absolute atomic E-state index is 0.0268. The van der Waals surface area contributed by atoms with Crippen LogP contribution in [0.3, 0.4) is 0 Å². The molecule has 0 aliphatic heterocycles. The molecular formula is H25P25-2. The van der Waals surface area contributed by atoms with Crippen molar-refractivity contribution in [2.24, 2.45) is 0 Å². The van der Waals surface area contributed by atoms with E-state index in [1.807, 2.05) is 0 Å². The van der Waals surface area contributed by atoms with E-state index in [-0.39, 0.29) is 76.9 Å². The molecule has 0 aliphatic carbocycles. The lowest BCUT2D eigenvalue weighted by molar-refractivity contribution is 4.45. The van der Waals surface area contributed by atoms with Gasteiger partial charge in [0.2, 0.25) is 0 Å². The Hall–Kier alpha value is 10.7. The molecule has 0 heterocycles. The number of hydrogen-bond acceptors (Lipinski definition) is 0. The van der Waals surface area contributed by atoms with Crippen molar-refractivity contribution in [2.45, 2.75) is 0 Å². The highest BCUT2D eigenvalue weighted by atomic mass is 33.5. The summed E-state index contributed by atoms with van der Waals surface area (Å²) in [5.74, 6) is 0. The van der Waals surface area contributed by atoms with E-state index < -0.39 is 0 Å². The molecule has 0 saturated carbocycles. The minimum Gasteiger partial charge on any atom is -0.524 e. The second-order valence-electron chi connectivity index (χ2n) is 3.72. The molecule has 152 valence electrons. The lowest BCUT2D eigenvalue weighted by Gasteiger charge is -2.51. The SMILES string of the molecule is [PH-]PP(P([PH-])P)P(P(P)P)P(P(P(P)P)P(P)P)P(P(P)P)P(P)P. The Labute approximate surface area is 199 Å². The van der Waals surface area contributed by atoms with Crippen molar-refractivity contribution in [3.63, 3.8) is 0 Å². The average molecular weight is 800 g/mol. The van der Waals surface area contributed by atoms with E-state index in [4.69, 9.17) is 0 Å². The topological polar surface area (TPSA) is 0 Å². The number of hydrogen-bond donors (Lipinski definition) is 0. The van der Waals surface area contributed by atoms with Crippen LogP contribution in [0, 0.1) is 0 Å². The molecule has 0 N–H and O–H groups in total. The molecule has 0 amide bonds. The van der Waals surface area contributed by atoms with Crippen LogP contribution in [-0.2, 0) is 0 Å². The van der Waals surface area contributed by atoms with Gasteiger partial charge in [-0.25, -0.2) is 6.99 Å². The second kappa shape index (κ2) is 19.8. The lowest BCUT2D eigenvalue weighted by atomic mass is 28.5. The summed E-state index contributed by atoms with van der Waals surface area (Å²) in [5, 5.41) is 0. The molecule has 0 bridgehead atoms. The summed E-state index contributed by atoms with van der Waals surface area (Å²) in [4.78, 5) is 0. The Bertz CT molecular complexity index is 298. The summed E-state index contributed by atoms with van der Waals surface area (Å²) in [6.07, 6.45) is 0. The Morgan fingerprint density at radius 1 is 0.480 bits per heavy atom. The largest absolute Gasteiger partial charge is 0.524 e.